The van der Waals surface area contributed by atoms with Crippen LogP contribution in [0, 0.1) is 5.92 Å². The Bertz CT molecular complexity index is 695. The first-order valence-electron chi connectivity index (χ1n) is 9.61. The number of carbonyl (C=O) groups is 1. The van der Waals surface area contributed by atoms with Crippen molar-refractivity contribution in [2.45, 2.75) is 57.1 Å². The first kappa shape index (κ1) is 19.0. The maximum absolute atomic E-state index is 12.2. The van der Waals surface area contributed by atoms with Gasteiger partial charge in [0.15, 0.2) is 5.16 Å². The average Bonchev–Trinajstić information content (AvgIpc) is 3.07. The highest BCUT2D eigenvalue weighted by Gasteiger charge is 2.16. The van der Waals surface area contributed by atoms with Crippen LogP contribution in [0.3, 0.4) is 0 Å². The maximum atomic E-state index is 12.2. The molecule has 6 heteroatoms. The third-order valence-corrected chi connectivity index (χ3v) is 5.93. The summed E-state index contributed by atoms with van der Waals surface area (Å²) in [4.78, 5) is 12.2. The number of nitrogens with zero attached hydrogens (tertiary/aromatic N) is 3. The lowest BCUT2D eigenvalue weighted by molar-refractivity contribution is -0.118. The third-order valence-electron chi connectivity index (χ3n) is 4.96. The van der Waals surface area contributed by atoms with Crippen molar-refractivity contribution in [2.75, 3.05) is 12.3 Å². The van der Waals surface area contributed by atoms with Crippen LogP contribution in [-0.4, -0.2) is 33.0 Å². The number of rotatable bonds is 8. The summed E-state index contributed by atoms with van der Waals surface area (Å²) < 4.78 is 2.10. The number of hydrogen-bond acceptors (Lipinski definition) is 4. The average molecular weight is 373 g/mol. The molecule has 0 unspecified atom stereocenters. The highest BCUT2D eigenvalue weighted by Crippen LogP contribution is 2.23. The fraction of sp³-hybridized carbons (Fsp3) is 0.550. The largest absolute Gasteiger partial charge is 0.355 e. The van der Waals surface area contributed by atoms with Gasteiger partial charge in [0.2, 0.25) is 5.91 Å². The van der Waals surface area contributed by atoms with Gasteiger partial charge in [0.1, 0.15) is 5.82 Å². The maximum Gasteiger partial charge on any atom is 0.230 e. The predicted octanol–water partition coefficient (Wildman–Crippen LogP) is 3.68. The van der Waals surface area contributed by atoms with Gasteiger partial charge in [0.05, 0.1) is 5.75 Å². The molecule has 1 amide bonds. The Balaban J connectivity index is 1.50. The highest BCUT2D eigenvalue weighted by atomic mass is 32.2. The van der Waals surface area contributed by atoms with E-state index in [0.29, 0.717) is 11.7 Å². The molecule has 0 saturated heterocycles. The normalized spacial score (nSPS) is 15.1. The molecule has 0 bridgehead atoms. The topological polar surface area (TPSA) is 59.8 Å². The molecule has 0 atom stereocenters. The first-order valence-corrected chi connectivity index (χ1v) is 10.6. The molecule has 1 N–H and O–H groups in total. The SMILES string of the molecule is CCn1c(Cc2ccccc2)nnc1SCC(=O)NCC1CCCCC1. The summed E-state index contributed by atoms with van der Waals surface area (Å²) in [7, 11) is 0. The lowest BCUT2D eigenvalue weighted by atomic mass is 9.89. The number of nitrogens with one attached hydrogen (secondary N) is 1. The van der Waals surface area contributed by atoms with Crippen molar-refractivity contribution in [1.29, 1.82) is 0 Å². The van der Waals surface area contributed by atoms with Crippen molar-refractivity contribution in [2.24, 2.45) is 5.92 Å². The highest BCUT2D eigenvalue weighted by molar-refractivity contribution is 7.99. The van der Waals surface area contributed by atoms with E-state index in [1.54, 1.807) is 0 Å². The number of benzene rings is 1. The monoisotopic (exact) mass is 372 g/mol. The molecule has 1 aliphatic rings. The van der Waals surface area contributed by atoms with Gasteiger partial charge in [-0.15, -0.1) is 10.2 Å². The summed E-state index contributed by atoms with van der Waals surface area (Å²) in [5.74, 6) is 2.10. The van der Waals surface area contributed by atoms with Crippen LogP contribution < -0.4 is 5.32 Å². The first-order chi connectivity index (χ1) is 12.8. The second-order valence-corrected chi connectivity index (χ2v) is 7.84. The summed E-state index contributed by atoms with van der Waals surface area (Å²) in [5, 5.41) is 12.6. The molecule has 1 aromatic carbocycles. The van der Waals surface area contributed by atoms with Crippen LogP contribution in [0.2, 0.25) is 0 Å². The van der Waals surface area contributed by atoms with Crippen LogP contribution in [-0.2, 0) is 17.8 Å². The van der Waals surface area contributed by atoms with Crippen molar-refractivity contribution >= 4 is 17.7 Å². The fourth-order valence-corrected chi connectivity index (χ4v) is 4.33. The second-order valence-electron chi connectivity index (χ2n) is 6.90. The fourth-order valence-electron chi connectivity index (χ4n) is 3.48. The molecule has 0 spiro atoms. The van der Waals surface area contributed by atoms with Crippen LogP contribution in [0.15, 0.2) is 35.5 Å². The molecule has 1 fully saturated rings. The van der Waals surface area contributed by atoms with Gasteiger partial charge in [-0.1, -0.05) is 61.4 Å². The smallest absolute Gasteiger partial charge is 0.230 e. The summed E-state index contributed by atoms with van der Waals surface area (Å²) in [5.41, 5.74) is 1.22. The molecule has 0 aliphatic heterocycles. The van der Waals surface area contributed by atoms with Gasteiger partial charge >= 0.3 is 0 Å². The van der Waals surface area contributed by atoms with Crippen LogP contribution in [0.5, 0.6) is 0 Å². The van der Waals surface area contributed by atoms with E-state index in [1.165, 1.54) is 49.4 Å². The Morgan fingerprint density at radius 1 is 1.19 bits per heavy atom. The van der Waals surface area contributed by atoms with E-state index in [4.69, 9.17) is 0 Å². The van der Waals surface area contributed by atoms with E-state index in [2.05, 4.69) is 39.1 Å². The summed E-state index contributed by atoms with van der Waals surface area (Å²) >= 11 is 1.48. The Morgan fingerprint density at radius 2 is 1.96 bits per heavy atom. The molecular formula is C20H28N4OS. The number of carbonyl (C=O) groups excluding carboxylic acids is 1. The molecule has 1 aromatic heterocycles. The van der Waals surface area contributed by atoms with E-state index in [9.17, 15) is 4.79 Å². The minimum atomic E-state index is 0.0934. The van der Waals surface area contributed by atoms with E-state index in [1.807, 2.05) is 18.2 Å². The van der Waals surface area contributed by atoms with E-state index < -0.39 is 0 Å². The second kappa shape index (κ2) is 9.76. The third kappa shape index (κ3) is 5.34. The summed E-state index contributed by atoms with van der Waals surface area (Å²) in [6.45, 7) is 3.71. The standard InChI is InChI=1S/C20H28N4OS/c1-2-24-18(13-16-9-5-3-6-10-16)22-23-20(24)26-15-19(25)21-14-17-11-7-4-8-12-17/h3,5-6,9-10,17H,2,4,7-8,11-15H2,1H3,(H,21,25). The molecule has 3 rings (SSSR count). The summed E-state index contributed by atoms with van der Waals surface area (Å²) in [6.07, 6.45) is 7.22. The minimum Gasteiger partial charge on any atom is -0.355 e. The summed E-state index contributed by atoms with van der Waals surface area (Å²) in [6, 6.07) is 10.3. The number of thioether (sulfide) groups is 1. The molecule has 1 saturated carbocycles. The zero-order chi connectivity index (χ0) is 18.2. The van der Waals surface area contributed by atoms with Gasteiger partial charge in [-0.25, -0.2) is 0 Å². The van der Waals surface area contributed by atoms with Gasteiger partial charge in [-0.3, -0.25) is 4.79 Å². The lowest BCUT2D eigenvalue weighted by Crippen LogP contribution is -2.31. The van der Waals surface area contributed by atoms with E-state index >= 15 is 0 Å². The van der Waals surface area contributed by atoms with Crippen molar-refractivity contribution in [3.63, 3.8) is 0 Å². The van der Waals surface area contributed by atoms with Crippen molar-refractivity contribution in [1.82, 2.24) is 20.1 Å². The van der Waals surface area contributed by atoms with Gasteiger partial charge in [-0.2, -0.15) is 0 Å². The Hall–Kier alpha value is -1.82. The molecule has 1 heterocycles. The molecular weight excluding hydrogens is 344 g/mol. The minimum absolute atomic E-state index is 0.0934. The molecule has 2 aromatic rings. The van der Waals surface area contributed by atoms with Crippen LogP contribution in [0.25, 0.3) is 0 Å². The van der Waals surface area contributed by atoms with E-state index in [-0.39, 0.29) is 5.91 Å². The molecule has 26 heavy (non-hydrogen) atoms. The van der Waals surface area contributed by atoms with Crippen molar-refractivity contribution < 1.29 is 4.79 Å². The quantitative estimate of drug-likeness (QED) is 0.718. The Kier molecular flexibility index (Phi) is 7.12. The molecule has 0 radical (unpaired) electrons. The number of hydrogen-bond donors (Lipinski definition) is 1. The van der Waals surface area contributed by atoms with Crippen LogP contribution >= 0.6 is 11.8 Å². The van der Waals surface area contributed by atoms with Crippen molar-refractivity contribution in [3.05, 3.63) is 41.7 Å². The van der Waals surface area contributed by atoms with Gasteiger partial charge in [0, 0.05) is 19.5 Å². The molecule has 140 valence electrons. The van der Waals surface area contributed by atoms with Crippen molar-refractivity contribution in [3.8, 4) is 0 Å². The zero-order valence-corrected chi connectivity index (χ0v) is 16.3. The number of aromatic nitrogens is 3. The van der Waals surface area contributed by atoms with Crippen LogP contribution in [0.4, 0.5) is 0 Å². The number of amides is 1. The lowest BCUT2D eigenvalue weighted by Gasteiger charge is -2.21. The molecule has 5 nitrogen and oxygen atoms in total. The van der Waals surface area contributed by atoms with Crippen LogP contribution in [0.1, 0.15) is 50.4 Å². The van der Waals surface area contributed by atoms with Gasteiger partial charge in [0.25, 0.3) is 0 Å². The molecule has 1 aliphatic carbocycles. The predicted molar refractivity (Wildman–Crippen MR) is 105 cm³/mol. The Morgan fingerprint density at radius 3 is 2.69 bits per heavy atom. The zero-order valence-electron chi connectivity index (χ0n) is 15.5. The van der Waals surface area contributed by atoms with E-state index in [0.717, 1.165) is 30.5 Å². The Labute approximate surface area is 160 Å². The van der Waals surface area contributed by atoms with Gasteiger partial charge in [-0.05, 0) is 31.2 Å². The van der Waals surface area contributed by atoms with Gasteiger partial charge < -0.3 is 9.88 Å².